The first-order valence-corrected chi connectivity index (χ1v) is 6.39. The van der Waals surface area contributed by atoms with E-state index in [4.69, 9.17) is 5.84 Å². The second kappa shape index (κ2) is 5.88. The molecule has 0 saturated carbocycles. The van der Waals surface area contributed by atoms with E-state index >= 15 is 0 Å². The molecule has 21 heavy (non-hydrogen) atoms. The summed E-state index contributed by atoms with van der Waals surface area (Å²) in [7, 11) is 0. The van der Waals surface area contributed by atoms with Gasteiger partial charge in [-0.05, 0) is 18.6 Å². The number of hydrogen-bond acceptors (Lipinski definition) is 5. The third-order valence-electron chi connectivity index (χ3n) is 3.29. The molecular weight excluding hydrogens is 279 g/mol. The minimum absolute atomic E-state index is 0.0292. The number of hydrogen-bond donors (Lipinski definition) is 3. The van der Waals surface area contributed by atoms with E-state index in [0.29, 0.717) is 6.42 Å². The lowest BCUT2D eigenvalue weighted by molar-refractivity contribution is -0.138. The third-order valence-corrected chi connectivity index (χ3v) is 3.29. The zero-order valence-corrected chi connectivity index (χ0v) is 11.4. The van der Waals surface area contributed by atoms with E-state index in [9.17, 15) is 18.8 Å². The smallest absolute Gasteiger partial charge is 0.257 e. The van der Waals surface area contributed by atoms with Gasteiger partial charge in [-0.25, -0.2) is 4.39 Å². The lowest BCUT2D eigenvalue weighted by Gasteiger charge is -2.33. The molecule has 1 aromatic carbocycles. The first-order valence-electron chi connectivity index (χ1n) is 6.39. The van der Waals surface area contributed by atoms with Crippen molar-refractivity contribution in [3.63, 3.8) is 0 Å². The average Bonchev–Trinajstić information content (AvgIpc) is 2.45. The van der Waals surface area contributed by atoms with Crippen molar-refractivity contribution < 1.29 is 18.8 Å². The molecule has 1 saturated heterocycles. The normalized spacial score (nSPS) is 18.4. The topological polar surface area (TPSA) is 105 Å². The number of amides is 3. The first-order chi connectivity index (χ1) is 9.99. The second-order valence-corrected chi connectivity index (χ2v) is 4.58. The van der Waals surface area contributed by atoms with Gasteiger partial charge < -0.3 is 10.3 Å². The molecule has 0 bridgehead atoms. The van der Waals surface area contributed by atoms with Crippen LogP contribution in [0.2, 0.25) is 0 Å². The van der Waals surface area contributed by atoms with Crippen molar-refractivity contribution in [1.29, 1.82) is 0 Å². The van der Waals surface area contributed by atoms with Crippen molar-refractivity contribution in [3.8, 4) is 0 Å². The molecule has 7 nitrogen and oxygen atoms in total. The summed E-state index contributed by atoms with van der Waals surface area (Å²) in [5.41, 5.74) is 1.93. The van der Waals surface area contributed by atoms with Gasteiger partial charge in [-0.2, -0.15) is 0 Å². The molecule has 0 radical (unpaired) electrons. The number of nitrogens with zero attached hydrogens (tertiary/aromatic N) is 1. The number of piperazine rings is 1. The van der Waals surface area contributed by atoms with Crippen LogP contribution in [-0.4, -0.2) is 35.2 Å². The summed E-state index contributed by atoms with van der Waals surface area (Å²) < 4.78 is 13.7. The number of halogens is 1. The number of nitrogens with one attached hydrogen (secondary N) is 2. The molecule has 112 valence electrons. The number of hydrazine groups is 1. The number of benzene rings is 1. The van der Waals surface area contributed by atoms with Gasteiger partial charge in [0.05, 0.1) is 11.3 Å². The van der Waals surface area contributed by atoms with Crippen molar-refractivity contribution in [1.82, 2.24) is 10.2 Å². The Bertz CT molecular complexity index is 605. The monoisotopic (exact) mass is 294 g/mol. The Morgan fingerprint density at radius 3 is 2.86 bits per heavy atom. The maximum absolute atomic E-state index is 13.7. The average molecular weight is 294 g/mol. The summed E-state index contributed by atoms with van der Waals surface area (Å²) in [5.74, 6) is 2.80. The molecule has 4 N–H and O–H groups in total. The number of anilines is 1. The van der Waals surface area contributed by atoms with Gasteiger partial charge in [-0.3, -0.25) is 25.5 Å². The second-order valence-electron chi connectivity index (χ2n) is 4.58. The van der Waals surface area contributed by atoms with E-state index in [2.05, 4.69) is 10.7 Å². The van der Waals surface area contributed by atoms with Crippen LogP contribution in [0.4, 0.5) is 10.1 Å². The Morgan fingerprint density at radius 2 is 2.24 bits per heavy atom. The maximum Gasteiger partial charge on any atom is 0.257 e. The highest BCUT2D eigenvalue weighted by Gasteiger charge is 2.36. The van der Waals surface area contributed by atoms with Crippen LogP contribution >= 0.6 is 0 Å². The molecule has 0 aliphatic carbocycles. The summed E-state index contributed by atoms with van der Waals surface area (Å²) in [6, 6.07) is 3.11. The van der Waals surface area contributed by atoms with Gasteiger partial charge in [0.2, 0.25) is 11.8 Å². The van der Waals surface area contributed by atoms with Crippen LogP contribution in [-0.2, 0) is 9.59 Å². The summed E-state index contributed by atoms with van der Waals surface area (Å²) >= 11 is 0. The minimum atomic E-state index is -0.774. The van der Waals surface area contributed by atoms with E-state index in [1.165, 1.54) is 12.1 Å². The molecule has 1 fully saturated rings. The Labute approximate surface area is 120 Å². The predicted octanol–water partition coefficient (Wildman–Crippen LogP) is -0.0115. The third kappa shape index (κ3) is 2.70. The number of para-hydroxylation sites is 1. The summed E-state index contributed by atoms with van der Waals surface area (Å²) in [6.07, 6.45) is 0.339. The Kier molecular flexibility index (Phi) is 4.18. The van der Waals surface area contributed by atoms with Crippen LogP contribution in [0.1, 0.15) is 23.7 Å². The zero-order valence-electron chi connectivity index (χ0n) is 11.4. The molecule has 1 aliphatic rings. The first kappa shape index (κ1) is 14.9. The van der Waals surface area contributed by atoms with E-state index in [1.54, 1.807) is 6.92 Å². The zero-order chi connectivity index (χ0) is 15.6. The molecule has 8 heteroatoms. The Hall–Kier alpha value is -2.48. The number of imide groups is 1. The van der Waals surface area contributed by atoms with Gasteiger partial charge in [-0.1, -0.05) is 13.0 Å². The lowest BCUT2D eigenvalue weighted by atomic mass is 10.1. The van der Waals surface area contributed by atoms with Crippen molar-refractivity contribution in [2.24, 2.45) is 5.84 Å². The van der Waals surface area contributed by atoms with Gasteiger partial charge >= 0.3 is 0 Å². The van der Waals surface area contributed by atoms with Crippen LogP contribution in [0.3, 0.4) is 0 Å². The predicted molar refractivity (Wildman–Crippen MR) is 72.5 cm³/mol. The van der Waals surface area contributed by atoms with Gasteiger partial charge in [0.15, 0.2) is 0 Å². The van der Waals surface area contributed by atoms with Crippen LogP contribution < -0.4 is 16.6 Å². The minimum Gasteiger partial charge on any atom is -0.321 e. The summed E-state index contributed by atoms with van der Waals surface area (Å²) in [5, 5.41) is 2.17. The van der Waals surface area contributed by atoms with Gasteiger partial charge in [0, 0.05) is 0 Å². The lowest BCUT2D eigenvalue weighted by Crippen LogP contribution is -2.59. The summed E-state index contributed by atoms with van der Waals surface area (Å²) in [6.45, 7) is 1.46. The van der Waals surface area contributed by atoms with Crippen molar-refractivity contribution >= 4 is 23.4 Å². The number of carbonyl (C=O) groups is 3. The fourth-order valence-electron chi connectivity index (χ4n) is 2.29. The molecule has 1 aliphatic heterocycles. The Balaban J connectivity index is 2.40. The SMILES string of the molecule is CCC1C(=O)NC(=O)CN1C(=O)c1cccc(F)c1NN. The number of carbonyl (C=O) groups excluding carboxylic acids is 3. The molecule has 2 rings (SSSR count). The molecule has 3 amide bonds. The number of nitrogens with two attached hydrogens (primary N) is 1. The van der Waals surface area contributed by atoms with Crippen molar-refractivity contribution in [2.75, 3.05) is 12.0 Å². The molecule has 1 atom stereocenters. The molecule has 1 aromatic rings. The van der Waals surface area contributed by atoms with Crippen LogP contribution in [0.25, 0.3) is 0 Å². The largest absolute Gasteiger partial charge is 0.321 e. The highest BCUT2D eigenvalue weighted by Crippen LogP contribution is 2.22. The molecule has 0 aromatic heterocycles. The van der Waals surface area contributed by atoms with E-state index in [1.807, 2.05) is 0 Å². The fourth-order valence-corrected chi connectivity index (χ4v) is 2.29. The fraction of sp³-hybridized carbons (Fsp3) is 0.308. The molecular formula is C13H15FN4O3. The van der Waals surface area contributed by atoms with Crippen LogP contribution in [0, 0.1) is 5.82 Å². The maximum atomic E-state index is 13.7. The van der Waals surface area contributed by atoms with E-state index in [-0.39, 0.29) is 17.8 Å². The highest BCUT2D eigenvalue weighted by molar-refractivity contribution is 6.08. The van der Waals surface area contributed by atoms with Crippen LogP contribution in [0.15, 0.2) is 18.2 Å². The Morgan fingerprint density at radius 1 is 1.52 bits per heavy atom. The van der Waals surface area contributed by atoms with Crippen LogP contribution in [0.5, 0.6) is 0 Å². The van der Waals surface area contributed by atoms with E-state index in [0.717, 1.165) is 11.0 Å². The summed E-state index contributed by atoms with van der Waals surface area (Å²) in [4.78, 5) is 36.9. The van der Waals surface area contributed by atoms with Crippen molar-refractivity contribution in [3.05, 3.63) is 29.6 Å². The highest BCUT2D eigenvalue weighted by atomic mass is 19.1. The van der Waals surface area contributed by atoms with Gasteiger partial charge in [0.1, 0.15) is 18.4 Å². The number of nitrogen functional groups attached to an aromatic ring is 1. The molecule has 1 heterocycles. The van der Waals surface area contributed by atoms with Gasteiger partial charge in [-0.15, -0.1) is 0 Å². The van der Waals surface area contributed by atoms with Gasteiger partial charge in [0.25, 0.3) is 5.91 Å². The quantitative estimate of drug-likeness (QED) is 0.413. The molecule has 1 unspecified atom stereocenters. The standard InChI is InChI=1S/C13H15FN4O3/c1-2-9-12(20)16-10(19)6-18(9)13(21)7-4-3-5-8(14)11(7)17-15/h3-5,9,17H,2,6,15H2,1H3,(H,16,19,20). The van der Waals surface area contributed by atoms with E-state index < -0.39 is 29.6 Å². The molecule has 0 spiro atoms. The van der Waals surface area contributed by atoms with Crippen molar-refractivity contribution in [2.45, 2.75) is 19.4 Å². The number of rotatable bonds is 3.